The minimum absolute atomic E-state index is 0.0711. The van der Waals surface area contributed by atoms with Gasteiger partial charge in [-0.05, 0) is 25.5 Å². The van der Waals surface area contributed by atoms with Gasteiger partial charge < -0.3 is 5.32 Å². The van der Waals surface area contributed by atoms with Crippen LogP contribution < -0.4 is 10.6 Å². The van der Waals surface area contributed by atoms with Crippen LogP contribution in [0.1, 0.15) is 25.0 Å². The molecule has 0 unspecified atom stereocenters. The van der Waals surface area contributed by atoms with Gasteiger partial charge in [0.05, 0.1) is 5.56 Å². The zero-order valence-corrected chi connectivity index (χ0v) is 12.6. The van der Waals surface area contributed by atoms with Crippen LogP contribution >= 0.6 is 11.8 Å². The molecule has 0 aromatic heterocycles. The Morgan fingerprint density at radius 3 is 2.67 bits per heavy atom. The second kappa shape index (κ2) is 5.88. The van der Waals surface area contributed by atoms with Crippen LogP contribution in [0.25, 0.3) is 0 Å². The first kappa shape index (κ1) is 16.2. The molecule has 1 aromatic rings. The standard InChI is InChI=1S/C14H17F3N2OS/c1-13(2)11(19-8-21-13)12(20)18-7-9-5-3-4-6-10(9)14(15,16)17/h3-6,11,19H,7-8H2,1-2H3,(H,18,20)/t11-/m1/s1. The smallest absolute Gasteiger partial charge is 0.351 e. The Morgan fingerprint density at radius 1 is 1.43 bits per heavy atom. The summed E-state index contributed by atoms with van der Waals surface area (Å²) >= 11 is 1.61. The van der Waals surface area contributed by atoms with Crippen molar-refractivity contribution < 1.29 is 18.0 Å². The Balaban J connectivity index is 2.06. The van der Waals surface area contributed by atoms with E-state index in [-0.39, 0.29) is 22.8 Å². The molecule has 0 bridgehead atoms. The molecule has 21 heavy (non-hydrogen) atoms. The van der Waals surface area contributed by atoms with Crippen LogP contribution in [-0.4, -0.2) is 22.6 Å². The number of carbonyl (C=O) groups is 1. The van der Waals surface area contributed by atoms with Crippen LogP contribution in [0.2, 0.25) is 0 Å². The Bertz CT molecular complexity index is 531. The van der Waals surface area contributed by atoms with Crippen molar-refractivity contribution in [2.45, 2.75) is 37.4 Å². The predicted octanol–water partition coefficient (Wildman–Crippen LogP) is 2.76. The van der Waals surface area contributed by atoms with Crippen LogP contribution in [0.3, 0.4) is 0 Å². The third-order valence-electron chi connectivity index (χ3n) is 3.46. The second-order valence-electron chi connectivity index (χ2n) is 5.40. The first-order valence-electron chi connectivity index (χ1n) is 6.52. The number of benzene rings is 1. The average Bonchev–Trinajstić information content (AvgIpc) is 2.75. The van der Waals surface area contributed by atoms with Gasteiger partial charge in [-0.15, -0.1) is 11.8 Å². The number of amides is 1. The predicted molar refractivity (Wildman–Crippen MR) is 76.8 cm³/mol. The van der Waals surface area contributed by atoms with Crippen molar-refractivity contribution in [3.05, 3.63) is 35.4 Å². The number of halogens is 3. The van der Waals surface area contributed by atoms with E-state index < -0.39 is 17.8 Å². The SMILES string of the molecule is CC1(C)SCN[C@@H]1C(=O)NCc1ccccc1C(F)(F)F. The number of thioether (sulfide) groups is 1. The molecule has 1 atom stereocenters. The molecular weight excluding hydrogens is 301 g/mol. The minimum atomic E-state index is -4.41. The molecule has 1 heterocycles. The third kappa shape index (κ3) is 3.71. The van der Waals surface area contributed by atoms with Crippen LogP contribution in [0.5, 0.6) is 0 Å². The lowest BCUT2D eigenvalue weighted by molar-refractivity contribution is -0.138. The van der Waals surface area contributed by atoms with Crippen molar-refractivity contribution in [2.24, 2.45) is 0 Å². The highest BCUT2D eigenvalue weighted by molar-refractivity contribution is 8.00. The number of hydrogen-bond acceptors (Lipinski definition) is 3. The number of nitrogens with one attached hydrogen (secondary N) is 2. The van der Waals surface area contributed by atoms with Crippen molar-refractivity contribution in [3.63, 3.8) is 0 Å². The Labute approximate surface area is 125 Å². The van der Waals surface area contributed by atoms with Crippen molar-refractivity contribution in [3.8, 4) is 0 Å². The van der Waals surface area contributed by atoms with Crippen molar-refractivity contribution in [2.75, 3.05) is 5.88 Å². The lowest BCUT2D eigenvalue weighted by Crippen LogP contribution is -2.49. The molecule has 1 amide bonds. The van der Waals surface area contributed by atoms with Gasteiger partial charge in [0.2, 0.25) is 5.91 Å². The molecule has 0 saturated carbocycles. The lowest BCUT2D eigenvalue weighted by atomic mass is 10.0. The number of hydrogen-bond donors (Lipinski definition) is 2. The van der Waals surface area contributed by atoms with Gasteiger partial charge in [-0.3, -0.25) is 10.1 Å². The van der Waals surface area contributed by atoms with Crippen LogP contribution in [0, 0.1) is 0 Å². The molecule has 1 aromatic carbocycles. The lowest BCUT2D eigenvalue weighted by Gasteiger charge is -2.24. The normalized spacial score (nSPS) is 21.3. The maximum Gasteiger partial charge on any atom is 0.416 e. The quantitative estimate of drug-likeness (QED) is 0.900. The average molecular weight is 318 g/mol. The maximum atomic E-state index is 12.9. The molecule has 0 aliphatic carbocycles. The summed E-state index contributed by atoms with van der Waals surface area (Å²) in [6.07, 6.45) is -4.41. The van der Waals surface area contributed by atoms with E-state index in [1.54, 1.807) is 11.8 Å². The van der Waals surface area contributed by atoms with E-state index in [9.17, 15) is 18.0 Å². The summed E-state index contributed by atoms with van der Waals surface area (Å²) in [5.74, 6) is 0.381. The van der Waals surface area contributed by atoms with Crippen molar-refractivity contribution in [1.29, 1.82) is 0 Å². The van der Waals surface area contributed by atoms with Gasteiger partial charge in [-0.1, -0.05) is 18.2 Å². The Morgan fingerprint density at radius 2 is 2.10 bits per heavy atom. The summed E-state index contributed by atoms with van der Waals surface area (Å²) in [5, 5.41) is 5.65. The number of carbonyl (C=O) groups excluding carboxylic acids is 1. The zero-order chi connectivity index (χ0) is 15.7. The number of alkyl halides is 3. The molecule has 0 radical (unpaired) electrons. The summed E-state index contributed by atoms with van der Waals surface area (Å²) in [5.41, 5.74) is -0.639. The highest BCUT2D eigenvalue weighted by atomic mass is 32.2. The van der Waals surface area contributed by atoms with Crippen molar-refractivity contribution >= 4 is 17.7 Å². The van der Waals surface area contributed by atoms with Gasteiger partial charge >= 0.3 is 6.18 Å². The maximum absolute atomic E-state index is 12.9. The van der Waals surface area contributed by atoms with Gasteiger partial charge in [0.15, 0.2) is 0 Å². The summed E-state index contributed by atoms with van der Waals surface area (Å²) in [4.78, 5) is 12.1. The summed E-state index contributed by atoms with van der Waals surface area (Å²) in [7, 11) is 0. The first-order valence-corrected chi connectivity index (χ1v) is 7.50. The van der Waals surface area contributed by atoms with E-state index in [0.29, 0.717) is 5.88 Å². The highest BCUT2D eigenvalue weighted by Crippen LogP contribution is 2.34. The fraction of sp³-hybridized carbons (Fsp3) is 0.500. The summed E-state index contributed by atoms with van der Waals surface area (Å²) in [6, 6.07) is 4.87. The van der Waals surface area contributed by atoms with Gasteiger partial charge in [-0.25, -0.2) is 0 Å². The van der Waals surface area contributed by atoms with E-state index in [4.69, 9.17) is 0 Å². The monoisotopic (exact) mass is 318 g/mol. The largest absolute Gasteiger partial charge is 0.416 e. The van der Waals surface area contributed by atoms with E-state index in [0.717, 1.165) is 6.07 Å². The van der Waals surface area contributed by atoms with E-state index in [2.05, 4.69) is 10.6 Å². The van der Waals surface area contributed by atoms with Crippen LogP contribution in [0.4, 0.5) is 13.2 Å². The molecule has 1 saturated heterocycles. The molecule has 1 aliphatic heterocycles. The molecule has 116 valence electrons. The first-order chi connectivity index (χ1) is 9.72. The fourth-order valence-corrected chi connectivity index (χ4v) is 3.26. The molecule has 2 N–H and O–H groups in total. The molecule has 7 heteroatoms. The fourth-order valence-electron chi connectivity index (χ4n) is 2.28. The zero-order valence-electron chi connectivity index (χ0n) is 11.8. The topological polar surface area (TPSA) is 41.1 Å². The van der Waals surface area contributed by atoms with Gasteiger partial charge in [-0.2, -0.15) is 13.2 Å². The minimum Gasteiger partial charge on any atom is -0.351 e. The van der Waals surface area contributed by atoms with Crippen molar-refractivity contribution in [1.82, 2.24) is 10.6 Å². The Kier molecular flexibility index (Phi) is 4.53. The Hall–Kier alpha value is -1.21. The molecule has 1 fully saturated rings. The highest BCUT2D eigenvalue weighted by Gasteiger charge is 2.40. The van der Waals surface area contributed by atoms with Crippen LogP contribution in [-0.2, 0) is 17.5 Å². The summed E-state index contributed by atoms with van der Waals surface area (Å²) in [6.45, 7) is 3.74. The van der Waals surface area contributed by atoms with E-state index >= 15 is 0 Å². The number of rotatable bonds is 3. The molecule has 2 rings (SSSR count). The van der Waals surface area contributed by atoms with Gasteiger partial charge in [0.25, 0.3) is 0 Å². The van der Waals surface area contributed by atoms with E-state index in [1.807, 2.05) is 13.8 Å². The molecule has 0 spiro atoms. The molecule has 1 aliphatic rings. The van der Waals surface area contributed by atoms with E-state index in [1.165, 1.54) is 18.2 Å². The van der Waals surface area contributed by atoms with Gasteiger partial charge in [0.1, 0.15) is 6.04 Å². The molecule has 3 nitrogen and oxygen atoms in total. The third-order valence-corrected chi connectivity index (χ3v) is 4.76. The van der Waals surface area contributed by atoms with Gasteiger partial charge in [0, 0.05) is 17.2 Å². The summed E-state index contributed by atoms with van der Waals surface area (Å²) < 4.78 is 38.3. The second-order valence-corrected chi connectivity index (χ2v) is 7.03. The van der Waals surface area contributed by atoms with Crippen LogP contribution in [0.15, 0.2) is 24.3 Å². The molecular formula is C14H17F3N2OS.